The van der Waals surface area contributed by atoms with Crippen LogP contribution in [0.1, 0.15) is 63.9 Å². The topological polar surface area (TPSA) is 74.7 Å². The Balaban J connectivity index is 2.19. The molecule has 1 aliphatic carbocycles. The van der Waals surface area contributed by atoms with Crippen LogP contribution in [0.25, 0.3) is 0 Å². The molecule has 1 heterocycles. The van der Waals surface area contributed by atoms with Crippen molar-refractivity contribution in [1.82, 2.24) is 4.98 Å². The Bertz CT molecular complexity index is 794. The van der Waals surface area contributed by atoms with Gasteiger partial charge in [-0.25, -0.2) is 9.78 Å². The highest BCUT2D eigenvalue weighted by Gasteiger charge is 2.44. The lowest BCUT2D eigenvalue weighted by Crippen LogP contribution is -2.49. The maximum absolute atomic E-state index is 12.7. The van der Waals surface area contributed by atoms with Gasteiger partial charge >= 0.3 is 11.9 Å². The standard InChI is InChI=1S/C24H37NO5Si/c1-23(2,3)29-21(26)17-19-18(11-10-14-24(19,4)30-31(5,6)7)13-16-28-22(27)20-12-8-9-15-25-20/h8-9,12-13,15,19H,10-11,14,16-17H2,1-7H3/b18-13-/t19-,24-/m0/s1. The highest BCUT2D eigenvalue weighted by Crippen LogP contribution is 2.44. The molecular formula is C24H37NO5Si. The van der Waals surface area contributed by atoms with Gasteiger partial charge in [-0.1, -0.05) is 11.6 Å². The lowest BCUT2D eigenvalue weighted by Gasteiger charge is -2.46. The Morgan fingerprint density at radius 3 is 2.55 bits per heavy atom. The molecule has 31 heavy (non-hydrogen) atoms. The molecule has 1 aromatic heterocycles. The third kappa shape index (κ3) is 8.22. The predicted molar refractivity (Wildman–Crippen MR) is 123 cm³/mol. The average molecular weight is 448 g/mol. The molecule has 0 amide bonds. The first-order valence-corrected chi connectivity index (χ1v) is 14.4. The van der Waals surface area contributed by atoms with Gasteiger partial charge in [0.25, 0.3) is 0 Å². The van der Waals surface area contributed by atoms with E-state index in [1.807, 2.05) is 26.8 Å². The first-order chi connectivity index (χ1) is 14.3. The zero-order chi connectivity index (χ0) is 23.3. The molecule has 0 saturated heterocycles. The van der Waals surface area contributed by atoms with Crippen LogP contribution in [0.3, 0.4) is 0 Å². The molecule has 0 aliphatic heterocycles. The van der Waals surface area contributed by atoms with Gasteiger partial charge < -0.3 is 13.9 Å². The Morgan fingerprint density at radius 1 is 1.26 bits per heavy atom. The molecule has 7 heteroatoms. The van der Waals surface area contributed by atoms with Crippen LogP contribution >= 0.6 is 0 Å². The number of hydrogen-bond donors (Lipinski definition) is 0. The molecular weight excluding hydrogens is 410 g/mol. The number of pyridine rings is 1. The second-order valence-corrected chi connectivity index (χ2v) is 14.7. The van der Waals surface area contributed by atoms with Crippen molar-refractivity contribution in [1.29, 1.82) is 0 Å². The van der Waals surface area contributed by atoms with Crippen LogP contribution in [0, 0.1) is 5.92 Å². The van der Waals surface area contributed by atoms with Crippen LogP contribution in [0.4, 0.5) is 0 Å². The van der Waals surface area contributed by atoms with Crippen molar-refractivity contribution in [3.05, 3.63) is 41.7 Å². The van der Waals surface area contributed by atoms with E-state index in [-0.39, 0.29) is 30.6 Å². The van der Waals surface area contributed by atoms with Gasteiger partial charge in [-0.2, -0.15) is 0 Å². The summed E-state index contributed by atoms with van der Waals surface area (Å²) in [5.74, 6) is -0.810. The smallest absolute Gasteiger partial charge is 0.357 e. The minimum Gasteiger partial charge on any atom is -0.460 e. The molecule has 1 aliphatic rings. The van der Waals surface area contributed by atoms with Gasteiger partial charge in [-0.05, 0) is 84.8 Å². The molecule has 2 atom stereocenters. The van der Waals surface area contributed by atoms with Gasteiger partial charge in [0.15, 0.2) is 8.32 Å². The van der Waals surface area contributed by atoms with Crippen molar-refractivity contribution in [3.63, 3.8) is 0 Å². The summed E-state index contributed by atoms with van der Waals surface area (Å²) >= 11 is 0. The Labute approximate surface area is 187 Å². The summed E-state index contributed by atoms with van der Waals surface area (Å²) in [4.78, 5) is 28.9. The molecule has 0 radical (unpaired) electrons. The van der Waals surface area contributed by atoms with Gasteiger partial charge in [-0.15, -0.1) is 0 Å². The van der Waals surface area contributed by atoms with Crippen LogP contribution in [0.5, 0.6) is 0 Å². The monoisotopic (exact) mass is 447 g/mol. The molecule has 0 unspecified atom stereocenters. The molecule has 2 rings (SSSR count). The molecule has 172 valence electrons. The normalized spacial score (nSPS) is 23.5. The second-order valence-electron chi connectivity index (χ2n) is 10.3. The van der Waals surface area contributed by atoms with Gasteiger partial charge in [0, 0.05) is 12.1 Å². The summed E-state index contributed by atoms with van der Waals surface area (Å²) in [5.41, 5.74) is 0.383. The summed E-state index contributed by atoms with van der Waals surface area (Å²) in [5, 5.41) is 0. The first kappa shape index (κ1) is 25.3. The van der Waals surface area contributed by atoms with Crippen molar-refractivity contribution in [3.8, 4) is 0 Å². The zero-order valence-electron chi connectivity index (χ0n) is 20.0. The minimum atomic E-state index is -1.85. The van der Waals surface area contributed by atoms with Crippen molar-refractivity contribution in [2.45, 2.75) is 84.2 Å². The van der Waals surface area contributed by atoms with E-state index < -0.39 is 25.5 Å². The number of rotatable bonds is 7. The van der Waals surface area contributed by atoms with E-state index in [1.54, 1.807) is 24.4 Å². The van der Waals surface area contributed by atoms with Gasteiger partial charge in [-0.3, -0.25) is 4.79 Å². The molecule has 1 saturated carbocycles. The fraction of sp³-hybridized carbons (Fsp3) is 0.625. The maximum atomic E-state index is 12.7. The van der Waals surface area contributed by atoms with Crippen molar-refractivity contribution >= 4 is 20.3 Å². The van der Waals surface area contributed by atoms with Gasteiger partial charge in [0.05, 0.1) is 12.0 Å². The highest BCUT2D eigenvalue weighted by molar-refractivity contribution is 6.69. The third-order valence-corrected chi connectivity index (χ3v) is 6.17. The van der Waals surface area contributed by atoms with E-state index in [2.05, 4.69) is 31.5 Å². The van der Waals surface area contributed by atoms with Gasteiger partial charge in [0.2, 0.25) is 0 Å². The van der Waals surface area contributed by atoms with E-state index in [9.17, 15) is 9.59 Å². The van der Waals surface area contributed by atoms with E-state index in [0.29, 0.717) is 0 Å². The number of ether oxygens (including phenoxy) is 2. The maximum Gasteiger partial charge on any atom is 0.357 e. The SMILES string of the molecule is CC(C)(C)OC(=O)C[C@H]1/C(=C\COC(=O)c2ccccn2)CCC[C@]1(C)O[Si](C)(C)C. The lowest BCUT2D eigenvalue weighted by molar-refractivity contribution is -0.158. The summed E-state index contributed by atoms with van der Waals surface area (Å²) < 4.78 is 17.6. The molecule has 0 N–H and O–H groups in total. The highest BCUT2D eigenvalue weighted by atomic mass is 28.4. The summed E-state index contributed by atoms with van der Waals surface area (Å²) in [6.45, 7) is 14.3. The Morgan fingerprint density at radius 2 is 1.97 bits per heavy atom. The van der Waals surface area contributed by atoms with Crippen LogP contribution in [-0.4, -0.2) is 43.0 Å². The van der Waals surface area contributed by atoms with E-state index in [0.717, 1.165) is 24.8 Å². The number of carbonyl (C=O) groups is 2. The van der Waals surface area contributed by atoms with Crippen LogP contribution in [-0.2, 0) is 18.7 Å². The molecule has 6 nitrogen and oxygen atoms in total. The van der Waals surface area contributed by atoms with E-state index in [1.165, 1.54) is 0 Å². The minimum absolute atomic E-state index is 0.114. The van der Waals surface area contributed by atoms with Crippen LogP contribution in [0.15, 0.2) is 36.0 Å². The number of hydrogen-bond acceptors (Lipinski definition) is 6. The molecule has 1 fully saturated rings. The molecule has 0 aromatic carbocycles. The summed E-state index contributed by atoms with van der Waals surface area (Å²) in [6.07, 6.45) is 6.44. The van der Waals surface area contributed by atoms with Crippen molar-refractivity contribution < 1.29 is 23.5 Å². The zero-order valence-corrected chi connectivity index (χ0v) is 21.0. The molecule has 0 bridgehead atoms. The number of nitrogens with zero attached hydrogens (tertiary/aromatic N) is 1. The first-order valence-electron chi connectivity index (χ1n) is 11.0. The second kappa shape index (κ2) is 10.1. The molecule has 1 aromatic rings. The number of carbonyl (C=O) groups excluding carboxylic acids is 2. The average Bonchev–Trinajstić information content (AvgIpc) is 2.62. The number of esters is 2. The van der Waals surface area contributed by atoms with Crippen molar-refractivity contribution in [2.75, 3.05) is 6.61 Å². The number of aromatic nitrogens is 1. The van der Waals surface area contributed by atoms with Crippen molar-refractivity contribution in [2.24, 2.45) is 5.92 Å². The van der Waals surface area contributed by atoms with Crippen LogP contribution in [0.2, 0.25) is 19.6 Å². The van der Waals surface area contributed by atoms with Gasteiger partial charge in [0.1, 0.15) is 17.9 Å². The predicted octanol–water partition coefficient (Wildman–Crippen LogP) is 5.31. The van der Waals surface area contributed by atoms with E-state index in [4.69, 9.17) is 13.9 Å². The largest absolute Gasteiger partial charge is 0.460 e. The fourth-order valence-corrected chi connectivity index (χ4v) is 5.77. The third-order valence-electron chi connectivity index (χ3n) is 5.09. The quantitative estimate of drug-likeness (QED) is 0.320. The fourth-order valence-electron chi connectivity index (χ4n) is 4.13. The Hall–Kier alpha value is -1.99. The van der Waals surface area contributed by atoms with E-state index >= 15 is 0 Å². The summed E-state index contributed by atoms with van der Waals surface area (Å²) in [6, 6.07) is 5.13. The summed E-state index contributed by atoms with van der Waals surface area (Å²) in [7, 11) is -1.85. The molecule has 0 spiro atoms. The lowest BCUT2D eigenvalue weighted by atomic mass is 9.71. The van der Waals surface area contributed by atoms with Crippen LogP contribution < -0.4 is 0 Å². The Kier molecular flexibility index (Phi) is 8.22.